The number of rotatable bonds is 4. The van der Waals surface area contributed by atoms with Gasteiger partial charge >= 0.3 is 0 Å². The van der Waals surface area contributed by atoms with E-state index in [-0.39, 0.29) is 17.0 Å². The summed E-state index contributed by atoms with van der Waals surface area (Å²) in [5.41, 5.74) is 3.06. The molecule has 0 radical (unpaired) electrons. The van der Waals surface area contributed by atoms with E-state index >= 15 is 0 Å². The molecule has 0 aliphatic heterocycles. The van der Waals surface area contributed by atoms with Crippen LogP contribution in [-0.2, 0) is 4.79 Å². The van der Waals surface area contributed by atoms with Gasteiger partial charge in [-0.2, -0.15) is 0 Å². The van der Waals surface area contributed by atoms with Gasteiger partial charge in [0.1, 0.15) is 5.58 Å². The van der Waals surface area contributed by atoms with Crippen molar-refractivity contribution in [3.63, 3.8) is 0 Å². The number of fused-ring (bicyclic) bond motifs is 1. The van der Waals surface area contributed by atoms with Crippen LogP contribution in [0.15, 0.2) is 51.7 Å². The number of carbonyl (C=O) groups excluding carboxylic acids is 1. The minimum absolute atomic E-state index is 0.0721. The molecule has 3 rings (SSSR count). The molecule has 0 amide bonds. The summed E-state index contributed by atoms with van der Waals surface area (Å²) in [4.78, 5) is 24.6. The van der Waals surface area contributed by atoms with Crippen LogP contribution in [0.1, 0.15) is 25.0 Å². The lowest BCUT2D eigenvalue weighted by atomic mass is 10.1. The van der Waals surface area contributed by atoms with Crippen LogP contribution < -0.4 is 10.2 Å². The highest BCUT2D eigenvalue weighted by Crippen LogP contribution is 2.32. The molecule has 128 valence electrons. The predicted molar refractivity (Wildman–Crippen MR) is 98.2 cm³/mol. The molecule has 0 N–H and O–H groups in total. The molecular weight excluding hydrogens is 316 g/mol. The van der Waals surface area contributed by atoms with Gasteiger partial charge in [-0.3, -0.25) is 9.59 Å². The molecule has 25 heavy (non-hydrogen) atoms. The third-order valence-electron chi connectivity index (χ3n) is 4.19. The molecule has 1 heterocycles. The summed E-state index contributed by atoms with van der Waals surface area (Å²) in [5, 5.41) is 0.437. The van der Waals surface area contributed by atoms with Crippen LogP contribution in [0.3, 0.4) is 0 Å². The zero-order chi connectivity index (χ0) is 18.1. The van der Waals surface area contributed by atoms with Gasteiger partial charge in [-0.1, -0.05) is 35.9 Å². The average Bonchev–Trinajstić information content (AvgIpc) is 2.57. The van der Waals surface area contributed by atoms with Crippen LogP contribution in [0.2, 0.25) is 0 Å². The van der Waals surface area contributed by atoms with E-state index in [9.17, 15) is 9.59 Å². The average molecular weight is 336 g/mol. The second-order valence-electron chi connectivity index (χ2n) is 6.33. The van der Waals surface area contributed by atoms with E-state index in [2.05, 4.69) is 0 Å². The summed E-state index contributed by atoms with van der Waals surface area (Å²) in [6, 6.07) is 13.0. The van der Waals surface area contributed by atoms with Crippen molar-refractivity contribution in [1.82, 2.24) is 0 Å². The lowest BCUT2D eigenvalue weighted by Gasteiger charge is -2.15. The second kappa shape index (κ2) is 6.55. The monoisotopic (exact) mass is 336 g/mol. The predicted octanol–water partition coefficient (Wildman–Crippen LogP) is 4.43. The number of aryl methyl sites for hydroxylation is 2. The molecule has 2 aromatic carbocycles. The van der Waals surface area contributed by atoms with Crippen molar-refractivity contribution in [2.45, 2.75) is 33.8 Å². The van der Waals surface area contributed by atoms with E-state index < -0.39 is 6.10 Å². The zero-order valence-electron chi connectivity index (χ0n) is 14.8. The molecule has 0 aliphatic rings. The van der Waals surface area contributed by atoms with Crippen LogP contribution in [0.4, 0.5) is 0 Å². The van der Waals surface area contributed by atoms with Crippen LogP contribution in [0.5, 0.6) is 5.75 Å². The van der Waals surface area contributed by atoms with Crippen molar-refractivity contribution in [3.8, 4) is 17.1 Å². The summed E-state index contributed by atoms with van der Waals surface area (Å²) in [5.74, 6) is 0.261. The van der Waals surface area contributed by atoms with E-state index in [1.807, 2.05) is 50.2 Å². The summed E-state index contributed by atoms with van der Waals surface area (Å²) < 4.78 is 11.7. The van der Waals surface area contributed by atoms with Crippen molar-refractivity contribution >= 4 is 16.8 Å². The first-order valence-corrected chi connectivity index (χ1v) is 8.18. The highest BCUT2D eigenvalue weighted by Gasteiger charge is 2.21. The Balaban J connectivity index is 2.29. The maximum Gasteiger partial charge on any atom is 0.235 e. The minimum Gasteiger partial charge on any atom is -0.475 e. The number of carbonyl (C=O) groups is 1. The summed E-state index contributed by atoms with van der Waals surface area (Å²) >= 11 is 0. The maximum absolute atomic E-state index is 13.0. The number of ether oxygens (including phenoxy) is 1. The lowest BCUT2D eigenvalue weighted by Crippen LogP contribution is -2.24. The fourth-order valence-electron chi connectivity index (χ4n) is 2.55. The van der Waals surface area contributed by atoms with Gasteiger partial charge in [-0.15, -0.1) is 0 Å². The first kappa shape index (κ1) is 17.0. The van der Waals surface area contributed by atoms with Crippen LogP contribution in [0, 0.1) is 13.8 Å². The van der Waals surface area contributed by atoms with Crippen molar-refractivity contribution < 1.29 is 13.9 Å². The molecule has 4 nitrogen and oxygen atoms in total. The maximum atomic E-state index is 13.0. The van der Waals surface area contributed by atoms with E-state index in [1.165, 1.54) is 6.92 Å². The molecule has 1 aromatic heterocycles. The van der Waals surface area contributed by atoms with Gasteiger partial charge in [0.2, 0.25) is 11.2 Å². The van der Waals surface area contributed by atoms with Crippen molar-refractivity contribution in [2.75, 3.05) is 0 Å². The van der Waals surface area contributed by atoms with Gasteiger partial charge in [-0.05, 0) is 45.4 Å². The summed E-state index contributed by atoms with van der Waals surface area (Å²) in [7, 11) is 0. The molecule has 0 spiro atoms. The third kappa shape index (κ3) is 3.33. The fraction of sp³-hybridized carbons (Fsp3) is 0.238. The normalized spacial score (nSPS) is 12.2. The molecule has 3 aromatic rings. The van der Waals surface area contributed by atoms with Gasteiger partial charge in [0, 0.05) is 5.56 Å². The molecule has 1 atom stereocenters. The standard InChI is InChI=1S/C21H20O4/c1-12-5-8-16(9-6-12)20-21(24-15(4)14(3)22)19(23)17-10-7-13(2)11-18(17)25-20/h5-11,15H,1-4H3. The quantitative estimate of drug-likeness (QED) is 0.707. The van der Waals surface area contributed by atoms with Gasteiger partial charge in [-0.25, -0.2) is 0 Å². The van der Waals surface area contributed by atoms with E-state index in [4.69, 9.17) is 9.15 Å². The van der Waals surface area contributed by atoms with Gasteiger partial charge in [0.15, 0.2) is 17.6 Å². The molecular formula is C21H20O4. The fourth-order valence-corrected chi connectivity index (χ4v) is 2.55. The first-order chi connectivity index (χ1) is 11.9. The number of benzene rings is 2. The van der Waals surface area contributed by atoms with Crippen LogP contribution in [-0.4, -0.2) is 11.9 Å². The van der Waals surface area contributed by atoms with Crippen molar-refractivity contribution in [3.05, 3.63) is 63.8 Å². The van der Waals surface area contributed by atoms with Crippen LogP contribution >= 0.6 is 0 Å². The molecule has 0 fully saturated rings. The Bertz CT molecular complexity index is 997. The topological polar surface area (TPSA) is 56.5 Å². The van der Waals surface area contributed by atoms with Crippen molar-refractivity contribution in [1.29, 1.82) is 0 Å². The van der Waals surface area contributed by atoms with E-state index in [0.29, 0.717) is 16.7 Å². The summed E-state index contributed by atoms with van der Waals surface area (Å²) in [6.07, 6.45) is -0.727. The number of hydrogen-bond donors (Lipinski definition) is 0. The SMILES string of the molecule is CC(=O)C(C)Oc1c(-c2ccc(C)cc2)oc2cc(C)ccc2c1=O. The Labute approximate surface area is 146 Å². The molecule has 1 unspecified atom stereocenters. The lowest BCUT2D eigenvalue weighted by molar-refractivity contribution is -0.122. The highest BCUT2D eigenvalue weighted by atomic mass is 16.5. The molecule has 0 aliphatic carbocycles. The molecule has 0 saturated carbocycles. The Morgan fingerprint density at radius 3 is 2.32 bits per heavy atom. The third-order valence-corrected chi connectivity index (χ3v) is 4.19. The molecule has 0 saturated heterocycles. The molecule has 0 bridgehead atoms. The Kier molecular flexibility index (Phi) is 4.45. The Morgan fingerprint density at radius 1 is 1.04 bits per heavy atom. The number of ketones is 1. The number of hydrogen-bond acceptors (Lipinski definition) is 4. The van der Waals surface area contributed by atoms with Gasteiger partial charge in [0.05, 0.1) is 5.39 Å². The smallest absolute Gasteiger partial charge is 0.235 e. The van der Waals surface area contributed by atoms with E-state index in [1.54, 1.807) is 13.0 Å². The van der Waals surface area contributed by atoms with Crippen LogP contribution in [0.25, 0.3) is 22.3 Å². The highest BCUT2D eigenvalue weighted by molar-refractivity contribution is 5.84. The van der Waals surface area contributed by atoms with Gasteiger partial charge in [0.25, 0.3) is 0 Å². The van der Waals surface area contributed by atoms with E-state index in [0.717, 1.165) is 16.7 Å². The van der Waals surface area contributed by atoms with Crippen molar-refractivity contribution in [2.24, 2.45) is 0 Å². The second-order valence-corrected chi connectivity index (χ2v) is 6.33. The first-order valence-electron chi connectivity index (χ1n) is 8.18. The minimum atomic E-state index is -0.727. The number of Topliss-reactive ketones (excluding diaryl/α,β-unsaturated/α-hetero) is 1. The van der Waals surface area contributed by atoms with Gasteiger partial charge < -0.3 is 9.15 Å². The molecule has 4 heteroatoms. The zero-order valence-corrected chi connectivity index (χ0v) is 14.8. The largest absolute Gasteiger partial charge is 0.475 e. The summed E-state index contributed by atoms with van der Waals surface area (Å²) in [6.45, 7) is 6.98. The Hall–Kier alpha value is -2.88. The Morgan fingerprint density at radius 2 is 1.68 bits per heavy atom.